The van der Waals surface area contributed by atoms with Crippen LogP contribution in [-0.4, -0.2) is 66.5 Å². The average Bonchev–Trinajstić information content (AvgIpc) is 1.19. The third kappa shape index (κ3) is 226. The molecule has 0 saturated carbocycles. The van der Waals surface area contributed by atoms with Crippen LogP contribution in [0, 0.1) is 0 Å². The molecule has 1 N–H and O–H groups in total. The Bertz CT molecular complexity index is 161. The van der Waals surface area contributed by atoms with Crippen LogP contribution in [0.4, 0.5) is 4.79 Å². The van der Waals surface area contributed by atoms with Gasteiger partial charge in [0.05, 0.1) is 0 Å². The zero-order valence-corrected chi connectivity index (χ0v) is 14.8. The van der Waals surface area contributed by atoms with Gasteiger partial charge in [-0.25, -0.2) is 0 Å². The van der Waals surface area contributed by atoms with Crippen molar-refractivity contribution in [1.82, 2.24) is 0 Å². The van der Waals surface area contributed by atoms with Gasteiger partial charge in [0.1, 0.15) is 0 Å². The van der Waals surface area contributed by atoms with Gasteiger partial charge in [0.25, 0.3) is 0 Å². The Morgan fingerprint density at radius 2 is 1.27 bits per heavy atom. The molecule has 11 heavy (non-hydrogen) atoms. The summed E-state index contributed by atoms with van der Waals surface area (Å²) >= 11 is 0. The summed E-state index contributed by atoms with van der Waals surface area (Å²) in [6.07, 6.45) is -2.08. The van der Waals surface area contributed by atoms with Crippen molar-refractivity contribution in [3.63, 3.8) is 0 Å². The summed E-state index contributed by atoms with van der Waals surface area (Å²) in [7, 11) is -5.17. The van der Waals surface area contributed by atoms with Gasteiger partial charge in [-0.3, -0.25) is 8.42 Å². The van der Waals surface area contributed by atoms with Crippen LogP contribution in [0.15, 0.2) is 0 Å². The first-order valence-corrected chi connectivity index (χ1v) is 2.63. The van der Waals surface area contributed by atoms with Gasteiger partial charge < -0.3 is 24.1 Å². The fourth-order valence-corrected chi connectivity index (χ4v) is 0. The van der Waals surface area contributed by atoms with Crippen molar-refractivity contribution in [2.24, 2.45) is 0 Å². The molecule has 0 spiro atoms. The molecule has 0 radical (unpaired) electrons. The molecule has 56 valence electrons. The Morgan fingerprint density at radius 1 is 1.27 bits per heavy atom. The van der Waals surface area contributed by atoms with Crippen LogP contribution < -0.4 is 74.0 Å². The molecule has 0 unspecified atom stereocenters. The molecule has 0 amide bonds. The molecule has 0 aromatic heterocycles. The summed E-state index contributed by atoms with van der Waals surface area (Å²) in [5.41, 5.74) is 0. The summed E-state index contributed by atoms with van der Waals surface area (Å²) in [5.74, 6) is 0. The topological polar surface area (TPSA) is 141 Å². The Kier molecular flexibility index (Phi) is 26.4. The summed E-state index contributed by atoms with van der Waals surface area (Å²) in [6.45, 7) is 0. The zero-order chi connectivity index (χ0) is 8.08. The molecule has 0 aromatic carbocycles. The Hall–Kier alpha value is 2.45. The second-order valence-corrected chi connectivity index (χ2v) is 1.49. The van der Waals surface area contributed by atoms with Crippen LogP contribution in [0.5, 0.6) is 0 Å². The molecule has 0 aromatic rings. The Labute approximate surface area is 152 Å². The van der Waals surface area contributed by atoms with Gasteiger partial charge in [0.2, 0.25) is 6.16 Å². The van der Waals surface area contributed by atoms with Crippen molar-refractivity contribution in [2.75, 3.05) is 0 Å². The van der Waals surface area contributed by atoms with E-state index in [-0.39, 0.29) is 107 Å². The van der Waals surface area contributed by atoms with E-state index < -0.39 is 16.6 Å². The monoisotopic (exact) mass is 330 g/mol. The fraction of sp³-hybridized carbons (Fsp3) is 0. The summed E-state index contributed by atoms with van der Waals surface area (Å²) in [6, 6.07) is 0. The van der Waals surface area contributed by atoms with Crippen LogP contribution in [0.2, 0.25) is 0 Å². The number of hydrogen-bond donors (Lipinski definition) is 1. The molecule has 0 fully saturated rings. The fourth-order valence-electron chi connectivity index (χ4n) is 0. The van der Waals surface area contributed by atoms with Gasteiger partial charge in [0, 0.05) is 10.4 Å². The maximum absolute atomic E-state index is 8.52. The third-order valence-electron chi connectivity index (χ3n) is 0. The largest absolute Gasteiger partial charge is 2.00 e. The number of rotatable bonds is 0. The van der Waals surface area contributed by atoms with E-state index in [1.807, 2.05) is 0 Å². The molecule has 0 heterocycles. The number of hydrogen-bond acceptors (Lipinski definition) is 6. The smallest absolute Gasteiger partial charge is 0.759 e. The molecule has 0 bridgehead atoms. The van der Waals surface area contributed by atoms with E-state index in [0.29, 0.717) is 0 Å². The maximum atomic E-state index is 8.52. The summed E-state index contributed by atoms with van der Waals surface area (Å²) in [4.78, 5) is 8.44. The van der Waals surface area contributed by atoms with Crippen molar-refractivity contribution in [1.29, 1.82) is 0 Å². The first kappa shape index (κ1) is 23.3. The molecule has 0 atom stereocenters. The predicted octanol–water partition coefficient (Wildman–Crippen LogP) is -5.83. The van der Waals surface area contributed by atoms with Crippen LogP contribution in [0.1, 0.15) is 0 Å². The van der Waals surface area contributed by atoms with Gasteiger partial charge in [-0.05, 0) is 0 Å². The molecule has 0 aliphatic rings. The van der Waals surface area contributed by atoms with Crippen LogP contribution in [0.25, 0.3) is 0 Å². The van der Waals surface area contributed by atoms with E-state index in [2.05, 4.69) is 0 Å². The standard InChI is InChI=1S/CH2O3.Ca.Cs.H2O4S/c2-1(3)4;;;1-5(2,3)4/h(H2,2,3,4);;;(H2,1,2,3,4)/q;+2;+1;/p-3. The number of carbonyl (C=O) groups is 1. The Balaban J connectivity index is -0.0000000383. The minimum Gasteiger partial charge on any atom is -0.759 e. The molecule has 0 rings (SSSR count). The quantitative estimate of drug-likeness (QED) is 0.265. The molecular weight excluding hydrogens is 329 g/mol. The third-order valence-corrected chi connectivity index (χ3v) is 0. The van der Waals surface area contributed by atoms with Gasteiger partial charge >= 0.3 is 107 Å². The molecule has 10 heteroatoms. The van der Waals surface area contributed by atoms with Crippen molar-refractivity contribution < 1.29 is 101 Å². The summed E-state index contributed by atoms with van der Waals surface area (Å²) < 4.78 is 34.1. The second-order valence-electron chi connectivity index (χ2n) is 0.674. The van der Waals surface area contributed by atoms with Gasteiger partial charge in [-0.15, -0.1) is 0 Å². The van der Waals surface area contributed by atoms with Crippen molar-refractivity contribution in [3.05, 3.63) is 0 Å². The normalized spacial score (nSPS) is 7.45. The molecular formula is CHCaCsO7S. The van der Waals surface area contributed by atoms with Crippen LogP contribution in [-0.2, 0) is 10.4 Å². The van der Waals surface area contributed by atoms with Crippen LogP contribution in [0.3, 0.4) is 0 Å². The maximum Gasteiger partial charge on any atom is 2.00 e. The van der Waals surface area contributed by atoms with Crippen molar-refractivity contribution in [3.8, 4) is 0 Å². The SMILES string of the molecule is O=C([O-])O.O=S(=O)([O-])[O-].[Ca+2].[Cs+]. The first-order valence-electron chi connectivity index (χ1n) is 1.30. The average molecular weight is 330 g/mol. The van der Waals surface area contributed by atoms with Crippen molar-refractivity contribution in [2.45, 2.75) is 0 Å². The minimum atomic E-state index is -5.17. The van der Waals surface area contributed by atoms with E-state index in [1.54, 1.807) is 0 Å². The number of carboxylic acid groups (broad SMARTS) is 2. The van der Waals surface area contributed by atoms with E-state index in [1.165, 1.54) is 0 Å². The van der Waals surface area contributed by atoms with Gasteiger partial charge in [-0.2, -0.15) is 0 Å². The zero-order valence-electron chi connectivity index (χ0n) is 5.51. The molecule has 0 aliphatic carbocycles. The van der Waals surface area contributed by atoms with E-state index in [0.717, 1.165) is 0 Å². The predicted molar refractivity (Wildman–Crippen MR) is 24.3 cm³/mol. The second kappa shape index (κ2) is 12.5. The van der Waals surface area contributed by atoms with E-state index in [9.17, 15) is 0 Å². The van der Waals surface area contributed by atoms with Crippen LogP contribution >= 0.6 is 0 Å². The van der Waals surface area contributed by atoms with E-state index in [4.69, 9.17) is 32.5 Å². The Morgan fingerprint density at radius 3 is 1.27 bits per heavy atom. The summed E-state index contributed by atoms with van der Waals surface area (Å²) in [5, 5.41) is 15.3. The molecule has 0 saturated heterocycles. The van der Waals surface area contributed by atoms with Crippen molar-refractivity contribution >= 4 is 54.3 Å². The van der Waals surface area contributed by atoms with Gasteiger partial charge in [0.15, 0.2) is 0 Å². The van der Waals surface area contributed by atoms with E-state index >= 15 is 0 Å². The van der Waals surface area contributed by atoms with Gasteiger partial charge in [-0.1, -0.05) is 0 Å². The minimum absolute atomic E-state index is 0. The molecule has 7 nitrogen and oxygen atoms in total. The first-order chi connectivity index (χ1) is 3.73. The molecule has 0 aliphatic heterocycles.